The molecule has 0 aliphatic heterocycles. The number of hydrogen-bond acceptors (Lipinski definition) is 4. The van der Waals surface area contributed by atoms with Crippen LogP contribution in [0.2, 0.25) is 0 Å². The van der Waals surface area contributed by atoms with Crippen molar-refractivity contribution in [1.29, 1.82) is 0 Å². The zero-order chi connectivity index (χ0) is 19.0. The second kappa shape index (κ2) is 14.4. The van der Waals surface area contributed by atoms with E-state index in [1.807, 2.05) is 41.3 Å². The average Bonchev–Trinajstić information content (AvgIpc) is 2.69. The first-order valence-electron chi connectivity index (χ1n) is 9.14. The quantitative estimate of drug-likeness (QED) is 0.620. The fourth-order valence-corrected chi connectivity index (χ4v) is 2.84. The SMILES string of the molecule is CCCN(CCCl)c1ccccc1.OCCN(CCO)c1ccccc1. The molecule has 2 aromatic rings. The topological polar surface area (TPSA) is 46.9 Å². The molecule has 0 amide bonds. The highest BCUT2D eigenvalue weighted by atomic mass is 35.5. The fraction of sp³-hybridized carbons (Fsp3) is 0.429. The van der Waals surface area contributed by atoms with Gasteiger partial charge in [0.25, 0.3) is 0 Å². The maximum atomic E-state index is 8.80. The van der Waals surface area contributed by atoms with Crippen molar-refractivity contribution < 1.29 is 10.2 Å². The first-order valence-corrected chi connectivity index (χ1v) is 9.67. The van der Waals surface area contributed by atoms with Crippen molar-refractivity contribution in [3.8, 4) is 0 Å². The molecule has 26 heavy (non-hydrogen) atoms. The van der Waals surface area contributed by atoms with Gasteiger partial charge in [0.05, 0.1) is 13.2 Å². The van der Waals surface area contributed by atoms with Crippen LogP contribution in [0, 0.1) is 0 Å². The summed E-state index contributed by atoms with van der Waals surface area (Å²) < 4.78 is 0. The third kappa shape index (κ3) is 8.56. The molecule has 144 valence electrons. The molecular weight excluding hydrogens is 348 g/mol. The van der Waals surface area contributed by atoms with Crippen molar-refractivity contribution in [2.24, 2.45) is 0 Å². The van der Waals surface area contributed by atoms with E-state index in [0.29, 0.717) is 19.0 Å². The minimum absolute atomic E-state index is 0.106. The summed E-state index contributed by atoms with van der Waals surface area (Å²) in [5.74, 6) is 0.689. The average molecular weight is 379 g/mol. The Morgan fingerprint density at radius 2 is 1.12 bits per heavy atom. The van der Waals surface area contributed by atoms with Crippen LogP contribution in [-0.4, -0.2) is 55.5 Å². The number of alkyl halides is 1. The van der Waals surface area contributed by atoms with Gasteiger partial charge < -0.3 is 20.0 Å². The number of hydrogen-bond donors (Lipinski definition) is 2. The first-order chi connectivity index (χ1) is 12.8. The van der Waals surface area contributed by atoms with E-state index in [9.17, 15) is 0 Å². The molecule has 0 saturated carbocycles. The number of benzene rings is 2. The number of halogens is 1. The smallest absolute Gasteiger partial charge is 0.0606 e. The molecule has 2 N–H and O–H groups in total. The van der Waals surface area contributed by atoms with Crippen LogP contribution in [0.3, 0.4) is 0 Å². The highest BCUT2D eigenvalue weighted by Crippen LogP contribution is 2.13. The molecular formula is C21H31ClN2O2. The van der Waals surface area contributed by atoms with Gasteiger partial charge in [0.2, 0.25) is 0 Å². The summed E-state index contributed by atoms with van der Waals surface area (Å²) in [6, 6.07) is 20.2. The van der Waals surface area contributed by atoms with Gasteiger partial charge in [-0.1, -0.05) is 43.3 Å². The summed E-state index contributed by atoms with van der Waals surface area (Å²) in [5, 5.41) is 17.6. The normalized spacial score (nSPS) is 10.0. The maximum absolute atomic E-state index is 8.80. The number of rotatable bonds is 10. The number of anilines is 2. The second-order valence-electron chi connectivity index (χ2n) is 5.78. The Labute approximate surface area is 162 Å². The predicted octanol–water partition coefficient (Wildman–Crippen LogP) is 3.62. The van der Waals surface area contributed by atoms with Crippen molar-refractivity contribution in [2.75, 3.05) is 55.1 Å². The number of aliphatic hydroxyl groups is 2. The van der Waals surface area contributed by atoms with Gasteiger partial charge in [-0.15, -0.1) is 11.6 Å². The Bertz CT molecular complexity index is 491. The van der Waals surface area contributed by atoms with Gasteiger partial charge in [-0.3, -0.25) is 0 Å². The van der Waals surface area contributed by atoms with Gasteiger partial charge in [0.1, 0.15) is 0 Å². The monoisotopic (exact) mass is 378 g/mol. The van der Waals surface area contributed by atoms with Crippen LogP contribution in [-0.2, 0) is 0 Å². The van der Waals surface area contributed by atoms with Gasteiger partial charge in [-0.25, -0.2) is 0 Å². The van der Waals surface area contributed by atoms with E-state index in [1.54, 1.807) is 0 Å². The molecule has 0 atom stereocenters. The summed E-state index contributed by atoms with van der Waals surface area (Å²) in [6.07, 6.45) is 1.16. The lowest BCUT2D eigenvalue weighted by Crippen LogP contribution is -2.29. The molecule has 0 heterocycles. The maximum Gasteiger partial charge on any atom is 0.0606 e. The molecule has 0 saturated heterocycles. The Balaban J connectivity index is 0.000000260. The van der Waals surface area contributed by atoms with Crippen molar-refractivity contribution >= 4 is 23.0 Å². The molecule has 0 aliphatic rings. The molecule has 0 aliphatic carbocycles. The summed E-state index contributed by atoms with van der Waals surface area (Å²) >= 11 is 5.74. The van der Waals surface area contributed by atoms with E-state index in [1.165, 1.54) is 5.69 Å². The van der Waals surface area contributed by atoms with Crippen LogP contribution >= 0.6 is 11.6 Å². The third-order valence-electron chi connectivity index (χ3n) is 3.83. The highest BCUT2D eigenvalue weighted by molar-refractivity contribution is 6.18. The van der Waals surface area contributed by atoms with Gasteiger partial charge >= 0.3 is 0 Å². The molecule has 0 unspecified atom stereocenters. The van der Waals surface area contributed by atoms with Crippen LogP contribution in [0.1, 0.15) is 13.3 Å². The van der Waals surface area contributed by atoms with E-state index < -0.39 is 0 Å². The molecule has 2 aromatic carbocycles. The summed E-state index contributed by atoms with van der Waals surface area (Å²) in [7, 11) is 0. The van der Waals surface area contributed by atoms with E-state index in [2.05, 4.69) is 36.1 Å². The van der Waals surface area contributed by atoms with Crippen LogP contribution < -0.4 is 9.80 Å². The lowest BCUT2D eigenvalue weighted by atomic mass is 10.3. The zero-order valence-corrected chi connectivity index (χ0v) is 16.4. The van der Waals surface area contributed by atoms with Crippen molar-refractivity contribution in [1.82, 2.24) is 0 Å². The lowest BCUT2D eigenvalue weighted by molar-refractivity contribution is 0.281. The summed E-state index contributed by atoms with van der Waals surface area (Å²) in [5.41, 5.74) is 2.30. The van der Waals surface area contributed by atoms with Gasteiger partial charge in [-0.05, 0) is 30.7 Å². The van der Waals surface area contributed by atoms with Crippen LogP contribution in [0.5, 0.6) is 0 Å². The highest BCUT2D eigenvalue weighted by Gasteiger charge is 2.03. The second-order valence-corrected chi connectivity index (χ2v) is 6.16. The first kappa shape index (κ1) is 22.3. The molecule has 0 radical (unpaired) electrons. The van der Waals surface area contributed by atoms with Gasteiger partial charge in [0.15, 0.2) is 0 Å². The van der Waals surface area contributed by atoms with Crippen LogP contribution in [0.4, 0.5) is 11.4 Å². The van der Waals surface area contributed by atoms with E-state index in [-0.39, 0.29) is 13.2 Å². The Hall–Kier alpha value is -1.75. The Morgan fingerprint density at radius 1 is 0.692 bits per heavy atom. The van der Waals surface area contributed by atoms with E-state index in [4.69, 9.17) is 21.8 Å². The minimum atomic E-state index is 0.106. The predicted molar refractivity (Wildman–Crippen MR) is 112 cm³/mol. The minimum Gasteiger partial charge on any atom is -0.395 e. The third-order valence-corrected chi connectivity index (χ3v) is 4.00. The van der Waals surface area contributed by atoms with Crippen molar-refractivity contribution in [2.45, 2.75) is 13.3 Å². The molecule has 0 fully saturated rings. The fourth-order valence-electron chi connectivity index (χ4n) is 2.63. The summed E-state index contributed by atoms with van der Waals surface area (Å²) in [6.45, 7) is 5.53. The molecule has 0 bridgehead atoms. The standard InChI is InChI=1S/C11H16ClN.C10H15NO2/c1-2-9-13(10-8-12)11-6-4-3-5-7-11;12-8-6-11(7-9-13)10-4-2-1-3-5-10/h3-7H,2,8-10H2,1H3;1-5,12-13H,6-9H2. The van der Waals surface area contributed by atoms with Crippen molar-refractivity contribution in [3.05, 3.63) is 60.7 Å². The largest absolute Gasteiger partial charge is 0.395 e. The summed E-state index contributed by atoms with van der Waals surface area (Å²) in [4.78, 5) is 4.26. The lowest BCUT2D eigenvalue weighted by Gasteiger charge is -2.22. The van der Waals surface area contributed by atoms with Crippen LogP contribution in [0.15, 0.2) is 60.7 Å². The van der Waals surface area contributed by atoms with Crippen molar-refractivity contribution in [3.63, 3.8) is 0 Å². The zero-order valence-electron chi connectivity index (χ0n) is 15.6. The molecule has 5 heteroatoms. The Kier molecular flexibility index (Phi) is 12.4. The van der Waals surface area contributed by atoms with E-state index >= 15 is 0 Å². The number of nitrogens with zero attached hydrogens (tertiary/aromatic N) is 2. The molecule has 4 nitrogen and oxygen atoms in total. The van der Waals surface area contributed by atoms with E-state index in [0.717, 1.165) is 25.2 Å². The number of aliphatic hydroxyl groups excluding tert-OH is 2. The Morgan fingerprint density at radius 3 is 1.46 bits per heavy atom. The van der Waals surface area contributed by atoms with Crippen LogP contribution in [0.25, 0.3) is 0 Å². The van der Waals surface area contributed by atoms with Gasteiger partial charge in [0, 0.05) is 43.4 Å². The number of para-hydroxylation sites is 2. The molecule has 0 spiro atoms. The molecule has 0 aromatic heterocycles. The molecule has 2 rings (SSSR count). The van der Waals surface area contributed by atoms with Gasteiger partial charge in [-0.2, -0.15) is 0 Å².